The van der Waals surface area contributed by atoms with Crippen LogP contribution in [0.5, 0.6) is 0 Å². The van der Waals surface area contributed by atoms with Crippen LogP contribution in [0.15, 0.2) is 0 Å². The lowest BCUT2D eigenvalue weighted by molar-refractivity contribution is 0.109. The summed E-state index contributed by atoms with van der Waals surface area (Å²) < 4.78 is 22.6. The molecule has 2 aliphatic rings. The minimum absolute atomic E-state index is 0.543. The Bertz CT molecular complexity index is 287. The summed E-state index contributed by atoms with van der Waals surface area (Å²) >= 11 is 0. The van der Waals surface area contributed by atoms with Gasteiger partial charge in [0, 0.05) is 27.4 Å². The molecule has 0 aromatic rings. The van der Waals surface area contributed by atoms with Gasteiger partial charge in [0.05, 0.1) is 12.2 Å². The Kier molecular flexibility index (Phi) is 6.04. The van der Waals surface area contributed by atoms with Crippen molar-refractivity contribution < 1.29 is 18.0 Å². The molecule has 4 nitrogen and oxygen atoms in total. The van der Waals surface area contributed by atoms with E-state index >= 15 is 0 Å². The average Bonchev–Trinajstić information content (AvgIpc) is 3.27. The Labute approximate surface area is 124 Å². The van der Waals surface area contributed by atoms with Crippen LogP contribution in [0.4, 0.5) is 0 Å². The van der Waals surface area contributed by atoms with Gasteiger partial charge in [0.1, 0.15) is 0 Å². The summed E-state index contributed by atoms with van der Waals surface area (Å²) in [7, 11) is 2.69. The number of unbranched alkanes of at least 4 members (excludes halogenated alkanes) is 1. The summed E-state index contributed by atoms with van der Waals surface area (Å²) in [5.74, 6) is 1.39. The summed E-state index contributed by atoms with van der Waals surface area (Å²) in [6.45, 7) is 2.26. The fourth-order valence-electron chi connectivity index (χ4n) is 3.66. The maximum Gasteiger partial charge on any atom is 0.500 e. The highest BCUT2D eigenvalue weighted by Gasteiger charge is 2.48. The molecule has 1 heterocycles. The first kappa shape index (κ1) is 16.4. The van der Waals surface area contributed by atoms with E-state index in [4.69, 9.17) is 18.0 Å². The maximum absolute atomic E-state index is 5.69. The van der Waals surface area contributed by atoms with Crippen LogP contribution in [0.1, 0.15) is 45.4 Å². The molecular weight excluding hydrogens is 272 g/mol. The van der Waals surface area contributed by atoms with Crippen LogP contribution in [0.2, 0.25) is 6.04 Å². The van der Waals surface area contributed by atoms with Gasteiger partial charge in [0.25, 0.3) is 0 Å². The fraction of sp³-hybridized carbons (Fsp3) is 1.00. The largest absolute Gasteiger partial charge is 0.500 e. The van der Waals surface area contributed by atoms with Gasteiger partial charge in [0.15, 0.2) is 0 Å². The topological polar surface area (TPSA) is 40.2 Å². The third-order valence-corrected chi connectivity index (χ3v) is 7.98. The molecule has 2 rings (SSSR count). The molecule has 118 valence electrons. The summed E-state index contributed by atoms with van der Waals surface area (Å²) in [6, 6.07) is 0.943. The first-order valence-corrected chi connectivity index (χ1v) is 9.92. The number of hydrogen-bond acceptors (Lipinski definition) is 4. The van der Waals surface area contributed by atoms with Gasteiger partial charge < -0.3 is 18.0 Å². The Morgan fingerprint density at radius 2 is 1.80 bits per heavy atom. The van der Waals surface area contributed by atoms with Crippen LogP contribution in [-0.4, -0.2) is 42.3 Å². The van der Waals surface area contributed by atoms with Crippen molar-refractivity contribution in [2.45, 2.75) is 63.7 Å². The third-order valence-electron chi connectivity index (χ3n) is 5.09. The highest BCUT2D eigenvalue weighted by Crippen LogP contribution is 2.45. The van der Waals surface area contributed by atoms with Crippen molar-refractivity contribution in [1.82, 2.24) is 0 Å². The zero-order valence-electron chi connectivity index (χ0n) is 13.4. The van der Waals surface area contributed by atoms with Gasteiger partial charge in [-0.05, 0) is 31.1 Å². The molecule has 0 bridgehead atoms. The SMILES string of the molecule is CCCCC(C[Si](OC)(OC)OC)C1CCC2OC2C1. The first-order valence-electron chi connectivity index (χ1n) is 7.99. The van der Waals surface area contributed by atoms with E-state index in [2.05, 4.69) is 6.92 Å². The van der Waals surface area contributed by atoms with E-state index in [-0.39, 0.29) is 0 Å². The van der Waals surface area contributed by atoms with E-state index in [0.717, 1.165) is 12.0 Å². The Hall–Kier alpha value is 0.0569. The van der Waals surface area contributed by atoms with Gasteiger partial charge in [0.2, 0.25) is 0 Å². The van der Waals surface area contributed by atoms with Crippen molar-refractivity contribution in [3.8, 4) is 0 Å². The van der Waals surface area contributed by atoms with Crippen LogP contribution in [0.3, 0.4) is 0 Å². The summed E-state index contributed by atoms with van der Waals surface area (Å²) in [4.78, 5) is 0. The number of ether oxygens (including phenoxy) is 1. The second-order valence-electron chi connectivity index (χ2n) is 6.19. The van der Waals surface area contributed by atoms with Crippen molar-refractivity contribution in [1.29, 1.82) is 0 Å². The van der Waals surface area contributed by atoms with Crippen molar-refractivity contribution >= 4 is 8.80 Å². The minimum atomic E-state index is -2.46. The zero-order valence-corrected chi connectivity index (χ0v) is 14.4. The quantitative estimate of drug-likeness (QED) is 0.484. The van der Waals surface area contributed by atoms with Crippen LogP contribution < -0.4 is 0 Å². The molecule has 1 saturated carbocycles. The van der Waals surface area contributed by atoms with E-state index in [0.29, 0.717) is 18.1 Å². The van der Waals surface area contributed by atoms with E-state index in [1.165, 1.54) is 38.5 Å². The van der Waals surface area contributed by atoms with Gasteiger partial charge in [-0.25, -0.2) is 0 Å². The maximum atomic E-state index is 5.69. The molecule has 1 aliphatic carbocycles. The van der Waals surface area contributed by atoms with E-state index in [1.54, 1.807) is 21.3 Å². The van der Waals surface area contributed by atoms with E-state index in [9.17, 15) is 0 Å². The van der Waals surface area contributed by atoms with Crippen molar-refractivity contribution in [3.05, 3.63) is 0 Å². The Morgan fingerprint density at radius 1 is 1.10 bits per heavy atom. The number of fused-ring (bicyclic) bond motifs is 1. The van der Waals surface area contributed by atoms with Crippen LogP contribution in [-0.2, 0) is 18.0 Å². The van der Waals surface area contributed by atoms with Gasteiger partial charge >= 0.3 is 8.80 Å². The molecule has 0 spiro atoms. The van der Waals surface area contributed by atoms with Gasteiger partial charge in [-0.3, -0.25) is 0 Å². The van der Waals surface area contributed by atoms with Crippen LogP contribution in [0.25, 0.3) is 0 Å². The predicted molar refractivity (Wildman–Crippen MR) is 80.6 cm³/mol. The van der Waals surface area contributed by atoms with E-state index < -0.39 is 8.80 Å². The summed E-state index contributed by atoms with van der Waals surface area (Å²) in [5, 5.41) is 0. The standard InChI is InChI=1S/C15H30O4Si/c1-5-6-7-13(11-20(16-2,17-3)18-4)12-8-9-14-15(10-12)19-14/h12-15H,5-11H2,1-4H3. The van der Waals surface area contributed by atoms with Gasteiger partial charge in [-0.1, -0.05) is 26.2 Å². The Balaban J connectivity index is 1.98. The molecule has 0 radical (unpaired) electrons. The number of rotatable bonds is 9. The molecule has 4 unspecified atom stereocenters. The first-order chi connectivity index (χ1) is 9.68. The average molecular weight is 302 g/mol. The monoisotopic (exact) mass is 302 g/mol. The molecule has 5 heteroatoms. The predicted octanol–water partition coefficient (Wildman–Crippen LogP) is 3.24. The number of epoxide rings is 1. The molecule has 2 fully saturated rings. The van der Waals surface area contributed by atoms with Crippen molar-refractivity contribution in [2.24, 2.45) is 11.8 Å². The lowest BCUT2D eigenvalue weighted by Gasteiger charge is -2.34. The zero-order chi connectivity index (χ0) is 14.6. The molecule has 0 aromatic carbocycles. The highest BCUT2D eigenvalue weighted by atomic mass is 28.4. The van der Waals surface area contributed by atoms with Crippen molar-refractivity contribution in [3.63, 3.8) is 0 Å². The lowest BCUT2D eigenvalue weighted by Crippen LogP contribution is -2.45. The molecule has 0 N–H and O–H groups in total. The van der Waals surface area contributed by atoms with E-state index in [1.807, 2.05) is 0 Å². The molecular formula is C15H30O4Si. The van der Waals surface area contributed by atoms with Crippen LogP contribution >= 0.6 is 0 Å². The summed E-state index contributed by atoms with van der Waals surface area (Å²) in [6.07, 6.45) is 8.64. The smallest absolute Gasteiger partial charge is 0.377 e. The highest BCUT2D eigenvalue weighted by molar-refractivity contribution is 6.60. The molecule has 1 saturated heterocycles. The molecule has 20 heavy (non-hydrogen) atoms. The summed E-state index contributed by atoms with van der Waals surface area (Å²) in [5.41, 5.74) is 0. The second-order valence-corrected chi connectivity index (χ2v) is 9.19. The van der Waals surface area contributed by atoms with Gasteiger partial charge in [-0.15, -0.1) is 0 Å². The second kappa shape index (κ2) is 7.36. The van der Waals surface area contributed by atoms with Gasteiger partial charge in [-0.2, -0.15) is 0 Å². The normalized spacial score (nSPS) is 30.9. The molecule has 1 aliphatic heterocycles. The third kappa shape index (κ3) is 3.83. The van der Waals surface area contributed by atoms with Crippen molar-refractivity contribution in [2.75, 3.05) is 21.3 Å². The molecule has 0 aromatic heterocycles. The Morgan fingerprint density at radius 3 is 2.35 bits per heavy atom. The fourth-order valence-corrected chi connectivity index (χ4v) is 5.83. The minimum Gasteiger partial charge on any atom is -0.377 e. The molecule has 0 amide bonds. The molecule has 4 atom stereocenters. The van der Waals surface area contributed by atoms with Crippen LogP contribution in [0, 0.1) is 11.8 Å². The number of hydrogen-bond donors (Lipinski definition) is 0. The lowest BCUT2D eigenvalue weighted by atomic mass is 9.79.